The Morgan fingerprint density at radius 3 is 2.33 bits per heavy atom. The number of nitrogens with two attached hydrogens (primary N) is 1. The molecule has 5 heteroatoms. The highest BCUT2D eigenvalue weighted by molar-refractivity contribution is 5.32. The third-order valence-corrected chi connectivity index (χ3v) is 2.09. The van der Waals surface area contributed by atoms with Crippen LogP contribution in [0.5, 0.6) is 0 Å². The molecule has 0 fully saturated rings. The SMILES string of the molecule is N[C@@H](CCF)c1ccccc1C(F)(F)F. The quantitative estimate of drug-likeness (QED) is 0.780. The van der Waals surface area contributed by atoms with Crippen LogP contribution < -0.4 is 5.73 Å². The maximum atomic E-state index is 12.5. The van der Waals surface area contributed by atoms with E-state index in [2.05, 4.69) is 0 Å². The lowest BCUT2D eigenvalue weighted by Crippen LogP contribution is -2.17. The summed E-state index contributed by atoms with van der Waals surface area (Å²) in [7, 11) is 0. The Balaban J connectivity index is 3.06. The molecule has 1 nitrogen and oxygen atoms in total. The molecule has 0 spiro atoms. The molecule has 0 heterocycles. The van der Waals surface area contributed by atoms with Gasteiger partial charge < -0.3 is 5.73 Å². The molecule has 1 rings (SSSR count). The Hall–Kier alpha value is -1.10. The molecule has 0 aliphatic heterocycles. The number of hydrogen-bond acceptors (Lipinski definition) is 1. The first-order valence-corrected chi connectivity index (χ1v) is 4.44. The van der Waals surface area contributed by atoms with Gasteiger partial charge in [-0.3, -0.25) is 4.39 Å². The number of alkyl halides is 4. The van der Waals surface area contributed by atoms with Crippen LogP contribution in [0.3, 0.4) is 0 Å². The number of halogens is 4. The largest absolute Gasteiger partial charge is 0.416 e. The zero-order valence-electron chi connectivity index (χ0n) is 7.89. The van der Waals surface area contributed by atoms with Crippen molar-refractivity contribution in [3.8, 4) is 0 Å². The van der Waals surface area contributed by atoms with Gasteiger partial charge in [-0.05, 0) is 18.1 Å². The molecule has 1 aromatic carbocycles. The minimum absolute atomic E-state index is 0.0531. The average molecular weight is 221 g/mol. The smallest absolute Gasteiger partial charge is 0.324 e. The first-order valence-electron chi connectivity index (χ1n) is 4.44. The van der Waals surface area contributed by atoms with Crippen molar-refractivity contribution in [2.24, 2.45) is 5.73 Å². The molecule has 0 aromatic heterocycles. The van der Waals surface area contributed by atoms with Crippen molar-refractivity contribution in [1.29, 1.82) is 0 Å². The monoisotopic (exact) mass is 221 g/mol. The topological polar surface area (TPSA) is 26.0 Å². The average Bonchev–Trinajstić information content (AvgIpc) is 2.17. The second-order valence-corrected chi connectivity index (χ2v) is 3.17. The summed E-state index contributed by atoms with van der Waals surface area (Å²) >= 11 is 0. The van der Waals surface area contributed by atoms with Crippen molar-refractivity contribution in [2.45, 2.75) is 18.6 Å². The fourth-order valence-electron chi connectivity index (χ4n) is 1.35. The summed E-state index contributed by atoms with van der Waals surface area (Å²) < 4.78 is 49.5. The lowest BCUT2D eigenvalue weighted by molar-refractivity contribution is -0.138. The first-order chi connectivity index (χ1) is 6.96. The number of rotatable bonds is 3. The molecular formula is C10H11F4N. The number of benzene rings is 1. The van der Waals surface area contributed by atoms with Gasteiger partial charge in [0.2, 0.25) is 0 Å². The Bertz CT molecular complexity index is 321. The molecule has 1 atom stereocenters. The normalized spacial score (nSPS) is 13.9. The van der Waals surface area contributed by atoms with E-state index in [0.29, 0.717) is 0 Å². The molecule has 0 amide bonds. The van der Waals surface area contributed by atoms with E-state index in [1.165, 1.54) is 18.2 Å². The van der Waals surface area contributed by atoms with Crippen molar-refractivity contribution < 1.29 is 17.6 Å². The minimum atomic E-state index is -4.44. The molecule has 84 valence electrons. The fourth-order valence-corrected chi connectivity index (χ4v) is 1.35. The van der Waals surface area contributed by atoms with Gasteiger partial charge in [0.1, 0.15) is 0 Å². The number of hydrogen-bond donors (Lipinski definition) is 1. The summed E-state index contributed by atoms with van der Waals surface area (Å²) in [5.74, 6) is 0. The van der Waals surface area contributed by atoms with Crippen LogP contribution in [-0.2, 0) is 6.18 Å². The van der Waals surface area contributed by atoms with Crippen molar-refractivity contribution in [3.05, 3.63) is 35.4 Å². The van der Waals surface area contributed by atoms with E-state index >= 15 is 0 Å². The van der Waals surface area contributed by atoms with Gasteiger partial charge in [-0.1, -0.05) is 18.2 Å². The summed E-state index contributed by atoms with van der Waals surface area (Å²) in [5, 5.41) is 0. The molecular weight excluding hydrogens is 210 g/mol. The van der Waals surface area contributed by atoms with Crippen LogP contribution in [0.25, 0.3) is 0 Å². The second-order valence-electron chi connectivity index (χ2n) is 3.17. The van der Waals surface area contributed by atoms with Crippen LogP contribution in [0.4, 0.5) is 17.6 Å². The van der Waals surface area contributed by atoms with Crippen LogP contribution in [-0.4, -0.2) is 6.67 Å². The molecule has 0 unspecified atom stereocenters. The Labute approximate surface area is 84.9 Å². The molecule has 15 heavy (non-hydrogen) atoms. The third-order valence-electron chi connectivity index (χ3n) is 2.09. The Morgan fingerprint density at radius 2 is 1.80 bits per heavy atom. The standard InChI is InChI=1S/C10H11F4N/c11-6-5-9(15)7-3-1-2-4-8(7)10(12,13)14/h1-4,9H,5-6,15H2/t9-/m0/s1. The molecule has 0 saturated carbocycles. The maximum Gasteiger partial charge on any atom is 0.416 e. The highest BCUT2D eigenvalue weighted by Gasteiger charge is 2.34. The maximum absolute atomic E-state index is 12.5. The van der Waals surface area contributed by atoms with Gasteiger partial charge in [0.25, 0.3) is 0 Å². The van der Waals surface area contributed by atoms with Crippen LogP contribution >= 0.6 is 0 Å². The Kier molecular flexibility index (Phi) is 3.68. The van der Waals surface area contributed by atoms with Crippen LogP contribution in [0.15, 0.2) is 24.3 Å². The van der Waals surface area contributed by atoms with Crippen molar-refractivity contribution in [2.75, 3.05) is 6.67 Å². The van der Waals surface area contributed by atoms with E-state index in [0.717, 1.165) is 6.07 Å². The molecule has 0 saturated heterocycles. The molecule has 1 aromatic rings. The summed E-state index contributed by atoms with van der Waals surface area (Å²) in [6.07, 6.45) is -4.54. The second kappa shape index (κ2) is 4.61. The third kappa shape index (κ3) is 2.92. The van der Waals surface area contributed by atoms with Gasteiger partial charge in [-0.15, -0.1) is 0 Å². The molecule has 0 aliphatic carbocycles. The summed E-state index contributed by atoms with van der Waals surface area (Å²) in [5.41, 5.74) is 4.62. The molecule has 0 aliphatic rings. The Morgan fingerprint density at radius 1 is 1.20 bits per heavy atom. The van der Waals surface area contributed by atoms with Crippen molar-refractivity contribution in [1.82, 2.24) is 0 Å². The predicted molar refractivity (Wildman–Crippen MR) is 49.0 cm³/mol. The highest BCUT2D eigenvalue weighted by Crippen LogP contribution is 2.34. The molecule has 0 radical (unpaired) electrons. The van der Waals surface area contributed by atoms with Crippen LogP contribution in [0.2, 0.25) is 0 Å². The lowest BCUT2D eigenvalue weighted by Gasteiger charge is -2.16. The van der Waals surface area contributed by atoms with E-state index in [-0.39, 0.29) is 12.0 Å². The lowest BCUT2D eigenvalue weighted by atomic mass is 9.99. The van der Waals surface area contributed by atoms with Crippen molar-refractivity contribution >= 4 is 0 Å². The van der Waals surface area contributed by atoms with E-state index < -0.39 is 24.5 Å². The first kappa shape index (κ1) is 12.0. The van der Waals surface area contributed by atoms with Gasteiger partial charge in [0.05, 0.1) is 12.2 Å². The zero-order chi connectivity index (χ0) is 11.5. The van der Waals surface area contributed by atoms with E-state index in [9.17, 15) is 17.6 Å². The van der Waals surface area contributed by atoms with Gasteiger partial charge in [0, 0.05) is 6.04 Å². The summed E-state index contributed by atoms with van der Waals surface area (Å²) in [6.45, 7) is -0.729. The van der Waals surface area contributed by atoms with E-state index in [4.69, 9.17) is 5.73 Å². The molecule has 2 N–H and O–H groups in total. The van der Waals surface area contributed by atoms with E-state index in [1.807, 2.05) is 0 Å². The highest BCUT2D eigenvalue weighted by atomic mass is 19.4. The van der Waals surface area contributed by atoms with Crippen LogP contribution in [0, 0.1) is 0 Å². The van der Waals surface area contributed by atoms with Gasteiger partial charge in [-0.2, -0.15) is 13.2 Å². The van der Waals surface area contributed by atoms with E-state index in [1.54, 1.807) is 0 Å². The molecule has 0 bridgehead atoms. The summed E-state index contributed by atoms with van der Waals surface area (Å²) in [6, 6.07) is 4.07. The predicted octanol–water partition coefficient (Wildman–Crippen LogP) is 3.06. The van der Waals surface area contributed by atoms with Gasteiger partial charge >= 0.3 is 6.18 Å². The van der Waals surface area contributed by atoms with Crippen LogP contribution in [0.1, 0.15) is 23.6 Å². The van der Waals surface area contributed by atoms with Gasteiger partial charge in [-0.25, -0.2) is 0 Å². The minimum Gasteiger partial charge on any atom is -0.324 e. The fraction of sp³-hybridized carbons (Fsp3) is 0.400. The van der Waals surface area contributed by atoms with Gasteiger partial charge in [0.15, 0.2) is 0 Å². The summed E-state index contributed by atoms with van der Waals surface area (Å²) in [4.78, 5) is 0. The van der Waals surface area contributed by atoms with Crippen molar-refractivity contribution in [3.63, 3.8) is 0 Å². The zero-order valence-corrected chi connectivity index (χ0v) is 7.89.